The van der Waals surface area contributed by atoms with E-state index in [9.17, 15) is 9.59 Å². The summed E-state index contributed by atoms with van der Waals surface area (Å²) in [5, 5.41) is 2.99. The molecule has 0 bridgehead atoms. The van der Waals surface area contributed by atoms with E-state index < -0.39 is 5.41 Å². The Bertz CT molecular complexity index is 641. The van der Waals surface area contributed by atoms with E-state index in [0.29, 0.717) is 19.0 Å². The number of thiazole rings is 1. The van der Waals surface area contributed by atoms with Crippen molar-refractivity contribution in [3.8, 4) is 0 Å². The maximum atomic E-state index is 13.3. The van der Waals surface area contributed by atoms with Gasteiger partial charge < -0.3 is 9.80 Å². The van der Waals surface area contributed by atoms with Crippen molar-refractivity contribution in [1.82, 2.24) is 14.8 Å². The molecule has 2 saturated heterocycles. The molecule has 6 heteroatoms. The smallest absolute Gasteiger partial charge is 0.231 e. The molecule has 2 atom stereocenters. The first kappa shape index (κ1) is 16.1. The average Bonchev–Trinajstić information content (AvgIpc) is 3.00. The predicted octanol–water partition coefficient (Wildman–Crippen LogP) is 2.35. The summed E-state index contributed by atoms with van der Waals surface area (Å²) in [5.74, 6) is 1.23. The topological polar surface area (TPSA) is 53.5 Å². The summed E-state index contributed by atoms with van der Waals surface area (Å²) in [5.41, 5.74) is -0.447. The van der Waals surface area contributed by atoms with Crippen LogP contribution in [0.2, 0.25) is 0 Å². The molecule has 1 aromatic rings. The number of carbonyl (C=O) groups excluding carboxylic acids is 2. The zero-order chi connectivity index (χ0) is 16.9. The lowest BCUT2D eigenvalue weighted by molar-refractivity contribution is -0.137. The van der Waals surface area contributed by atoms with Crippen molar-refractivity contribution in [3.63, 3.8) is 0 Å². The highest BCUT2D eigenvalue weighted by atomic mass is 32.1. The van der Waals surface area contributed by atoms with Crippen molar-refractivity contribution in [2.24, 2.45) is 17.3 Å². The zero-order valence-electron chi connectivity index (χ0n) is 14.4. The van der Waals surface area contributed by atoms with Crippen LogP contribution in [-0.4, -0.2) is 52.8 Å². The molecule has 4 rings (SSSR count). The fourth-order valence-electron chi connectivity index (χ4n) is 4.33. The number of amides is 2. The second kappa shape index (κ2) is 5.83. The minimum absolute atomic E-state index is 0.0601. The van der Waals surface area contributed by atoms with E-state index in [4.69, 9.17) is 0 Å². The summed E-state index contributed by atoms with van der Waals surface area (Å²) < 4.78 is 0. The maximum Gasteiger partial charge on any atom is 0.231 e. The molecule has 1 spiro atoms. The van der Waals surface area contributed by atoms with Crippen LogP contribution in [0.25, 0.3) is 0 Å². The monoisotopic (exact) mass is 347 g/mol. The molecule has 2 amide bonds. The molecule has 130 valence electrons. The summed E-state index contributed by atoms with van der Waals surface area (Å²) >= 11 is 1.62. The Balaban J connectivity index is 1.63. The van der Waals surface area contributed by atoms with E-state index in [2.05, 4.69) is 18.8 Å². The van der Waals surface area contributed by atoms with Gasteiger partial charge in [0.05, 0.1) is 10.4 Å². The van der Waals surface area contributed by atoms with Gasteiger partial charge >= 0.3 is 0 Å². The molecule has 1 saturated carbocycles. The first-order valence-corrected chi connectivity index (χ1v) is 9.87. The quantitative estimate of drug-likeness (QED) is 0.840. The van der Waals surface area contributed by atoms with Crippen LogP contribution in [0.1, 0.15) is 44.0 Å². The van der Waals surface area contributed by atoms with Gasteiger partial charge in [0.1, 0.15) is 0 Å². The summed E-state index contributed by atoms with van der Waals surface area (Å²) in [4.78, 5) is 34.4. The number of likely N-dealkylation sites (tertiary alicyclic amines) is 2. The molecule has 0 N–H and O–H groups in total. The molecule has 3 fully saturated rings. The number of nitrogens with zero attached hydrogens (tertiary/aromatic N) is 3. The molecule has 3 aliphatic rings. The normalized spacial score (nSPS) is 30.1. The first-order valence-electron chi connectivity index (χ1n) is 8.99. The average molecular weight is 347 g/mol. The molecule has 24 heavy (non-hydrogen) atoms. The Morgan fingerprint density at radius 2 is 2.25 bits per heavy atom. The van der Waals surface area contributed by atoms with E-state index in [1.165, 1.54) is 0 Å². The van der Waals surface area contributed by atoms with Gasteiger partial charge in [0.2, 0.25) is 11.8 Å². The highest BCUT2D eigenvalue weighted by Crippen LogP contribution is 2.51. The van der Waals surface area contributed by atoms with Crippen molar-refractivity contribution in [2.75, 3.05) is 26.2 Å². The summed E-state index contributed by atoms with van der Waals surface area (Å²) in [6.45, 7) is 7.15. The Morgan fingerprint density at radius 3 is 2.88 bits per heavy atom. The third-order valence-electron chi connectivity index (χ3n) is 5.66. The van der Waals surface area contributed by atoms with Crippen molar-refractivity contribution < 1.29 is 9.59 Å². The highest BCUT2D eigenvalue weighted by molar-refractivity contribution is 7.09. The highest BCUT2D eigenvalue weighted by Gasteiger charge is 2.59. The van der Waals surface area contributed by atoms with Gasteiger partial charge in [-0.25, -0.2) is 4.98 Å². The van der Waals surface area contributed by atoms with E-state index in [-0.39, 0.29) is 23.7 Å². The van der Waals surface area contributed by atoms with Crippen LogP contribution in [0.5, 0.6) is 0 Å². The molecule has 1 aliphatic carbocycles. The Labute approximate surface area is 147 Å². The minimum atomic E-state index is -0.447. The SMILES string of the molecule is CC(C)CN1CC[C@@]2(CN(C(=O)C3CC3)C[C@H]2c2nccs2)C1=O. The van der Waals surface area contributed by atoms with Gasteiger partial charge in [0.25, 0.3) is 0 Å². The van der Waals surface area contributed by atoms with Crippen LogP contribution in [0.4, 0.5) is 0 Å². The lowest BCUT2D eigenvalue weighted by Crippen LogP contribution is -2.41. The van der Waals surface area contributed by atoms with Gasteiger partial charge in [0.15, 0.2) is 0 Å². The molecule has 0 unspecified atom stereocenters. The molecule has 0 aromatic carbocycles. The number of hydrogen-bond acceptors (Lipinski definition) is 4. The third kappa shape index (κ3) is 2.55. The van der Waals surface area contributed by atoms with Crippen LogP contribution in [0.15, 0.2) is 11.6 Å². The first-order chi connectivity index (χ1) is 11.5. The predicted molar refractivity (Wildman–Crippen MR) is 92.6 cm³/mol. The van der Waals surface area contributed by atoms with Crippen LogP contribution in [0.3, 0.4) is 0 Å². The molecule has 2 aliphatic heterocycles. The van der Waals surface area contributed by atoms with E-state index in [0.717, 1.165) is 37.4 Å². The van der Waals surface area contributed by atoms with Crippen LogP contribution < -0.4 is 0 Å². The number of aromatic nitrogens is 1. The van der Waals surface area contributed by atoms with Crippen LogP contribution in [0, 0.1) is 17.3 Å². The van der Waals surface area contributed by atoms with E-state index in [1.807, 2.05) is 21.4 Å². The molecule has 0 radical (unpaired) electrons. The number of hydrogen-bond donors (Lipinski definition) is 0. The second-order valence-corrected chi connectivity index (χ2v) is 8.89. The fourth-order valence-corrected chi connectivity index (χ4v) is 5.18. The van der Waals surface area contributed by atoms with Gasteiger partial charge in [-0.2, -0.15) is 0 Å². The molecular formula is C18H25N3O2S. The van der Waals surface area contributed by atoms with Crippen LogP contribution >= 0.6 is 11.3 Å². The lowest BCUT2D eigenvalue weighted by atomic mass is 9.77. The summed E-state index contributed by atoms with van der Waals surface area (Å²) in [6.07, 6.45) is 4.68. The van der Waals surface area contributed by atoms with Crippen molar-refractivity contribution in [1.29, 1.82) is 0 Å². The summed E-state index contributed by atoms with van der Waals surface area (Å²) in [6, 6.07) is 0. The van der Waals surface area contributed by atoms with Gasteiger partial charge in [0, 0.05) is 49.6 Å². The van der Waals surface area contributed by atoms with Gasteiger partial charge in [-0.1, -0.05) is 13.8 Å². The third-order valence-corrected chi connectivity index (χ3v) is 6.55. The lowest BCUT2D eigenvalue weighted by Gasteiger charge is -2.28. The Hall–Kier alpha value is -1.43. The zero-order valence-corrected chi connectivity index (χ0v) is 15.2. The fraction of sp³-hybridized carbons (Fsp3) is 0.722. The number of rotatable bonds is 4. The molecule has 1 aromatic heterocycles. The maximum absolute atomic E-state index is 13.3. The molecule has 3 heterocycles. The van der Waals surface area contributed by atoms with Crippen molar-refractivity contribution in [2.45, 2.75) is 39.0 Å². The summed E-state index contributed by atoms with van der Waals surface area (Å²) in [7, 11) is 0. The van der Waals surface area contributed by atoms with Crippen molar-refractivity contribution in [3.05, 3.63) is 16.6 Å². The largest absolute Gasteiger partial charge is 0.342 e. The van der Waals surface area contributed by atoms with Gasteiger partial charge in [-0.3, -0.25) is 9.59 Å². The van der Waals surface area contributed by atoms with Gasteiger partial charge in [-0.05, 0) is 25.2 Å². The van der Waals surface area contributed by atoms with Crippen molar-refractivity contribution >= 4 is 23.2 Å². The Morgan fingerprint density at radius 1 is 1.46 bits per heavy atom. The van der Waals surface area contributed by atoms with E-state index in [1.54, 1.807) is 11.3 Å². The second-order valence-electron chi connectivity index (χ2n) is 7.97. The van der Waals surface area contributed by atoms with Crippen LogP contribution in [-0.2, 0) is 9.59 Å². The standard InChI is InChI=1S/C18H25N3O2S/c1-12(2)9-20-7-5-18(17(20)23)11-21(16(22)13-3-4-13)10-14(18)15-19-6-8-24-15/h6,8,12-14H,3-5,7,9-11H2,1-2H3/t14-,18-/m0/s1. The Kier molecular flexibility index (Phi) is 3.90. The molecule has 5 nitrogen and oxygen atoms in total. The number of carbonyl (C=O) groups is 2. The van der Waals surface area contributed by atoms with E-state index >= 15 is 0 Å². The molecular weight excluding hydrogens is 322 g/mol. The minimum Gasteiger partial charge on any atom is -0.342 e. The van der Waals surface area contributed by atoms with Gasteiger partial charge in [-0.15, -0.1) is 11.3 Å².